The van der Waals surface area contributed by atoms with Gasteiger partial charge >= 0.3 is 0 Å². The number of anilines is 1. The van der Waals surface area contributed by atoms with E-state index in [-0.39, 0.29) is 23.8 Å². The molecule has 1 aliphatic heterocycles. The number of aliphatic hydroxyl groups is 1. The standard InChI is InChI=1S/C31H35N3O4/c1-6-33(7-2)24-13-10-22(11-14-24)28-27(29(35)23-12-15-26(38-5)25(17-23)20(3)4)30(36)31(37)34(28)19-21-9-8-16-32-18-21/h8-18,20,28,35H,6-7,19H2,1-5H3/b29-27-. The number of ether oxygens (including phenoxy) is 1. The quantitative estimate of drug-likeness (QED) is 0.225. The van der Waals surface area contributed by atoms with Gasteiger partial charge in [-0.25, -0.2) is 0 Å². The van der Waals surface area contributed by atoms with Crippen molar-refractivity contribution in [3.05, 3.63) is 94.8 Å². The Bertz CT molecular complexity index is 1330. The molecule has 1 N–H and O–H groups in total. The van der Waals surface area contributed by atoms with E-state index < -0.39 is 17.7 Å². The van der Waals surface area contributed by atoms with E-state index >= 15 is 0 Å². The van der Waals surface area contributed by atoms with E-state index in [9.17, 15) is 14.7 Å². The van der Waals surface area contributed by atoms with Gasteiger partial charge in [-0.15, -0.1) is 0 Å². The molecule has 4 rings (SSSR count). The van der Waals surface area contributed by atoms with Crippen molar-refractivity contribution in [1.82, 2.24) is 9.88 Å². The van der Waals surface area contributed by atoms with Crippen molar-refractivity contribution in [3.63, 3.8) is 0 Å². The smallest absolute Gasteiger partial charge is 0.295 e. The first kappa shape index (κ1) is 26.9. The molecule has 0 radical (unpaired) electrons. The third-order valence-corrected chi connectivity index (χ3v) is 7.08. The first-order chi connectivity index (χ1) is 18.3. The minimum absolute atomic E-state index is 0.0781. The fourth-order valence-electron chi connectivity index (χ4n) is 5.02. The maximum absolute atomic E-state index is 13.5. The van der Waals surface area contributed by atoms with E-state index in [0.29, 0.717) is 11.3 Å². The maximum Gasteiger partial charge on any atom is 0.295 e. The maximum atomic E-state index is 13.5. The number of hydrogen-bond acceptors (Lipinski definition) is 6. The molecule has 3 aromatic rings. The minimum Gasteiger partial charge on any atom is -0.507 e. The van der Waals surface area contributed by atoms with Crippen LogP contribution in [0.4, 0.5) is 5.69 Å². The Kier molecular flexibility index (Phi) is 8.15. The Morgan fingerprint density at radius 3 is 2.37 bits per heavy atom. The second-order valence-corrected chi connectivity index (χ2v) is 9.66. The van der Waals surface area contributed by atoms with E-state index in [1.165, 1.54) is 4.90 Å². The Balaban J connectivity index is 1.86. The molecule has 1 aromatic heterocycles. The second-order valence-electron chi connectivity index (χ2n) is 9.66. The lowest BCUT2D eigenvalue weighted by Crippen LogP contribution is -2.29. The van der Waals surface area contributed by atoms with Crippen molar-refractivity contribution in [1.29, 1.82) is 0 Å². The largest absolute Gasteiger partial charge is 0.507 e. The van der Waals surface area contributed by atoms with Crippen LogP contribution >= 0.6 is 0 Å². The summed E-state index contributed by atoms with van der Waals surface area (Å²) in [5, 5.41) is 11.5. The molecular formula is C31H35N3O4. The van der Waals surface area contributed by atoms with Gasteiger partial charge in [-0.2, -0.15) is 0 Å². The number of methoxy groups -OCH3 is 1. The Labute approximate surface area is 224 Å². The number of carbonyl (C=O) groups excluding carboxylic acids is 2. The highest BCUT2D eigenvalue weighted by atomic mass is 16.5. The van der Waals surface area contributed by atoms with Gasteiger partial charge in [0.25, 0.3) is 11.7 Å². The molecule has 38 heavy (non-hydrogen) atoms. The zero-order valence-electron chi connectivity index (χ0n) is 22.6. The van der Waals surface area contributed by atoms with Crippen LogP contribution in [0.3, 0.4) is 0 Å². The molecule has 2 heterocycles. The number of carbonyl (C=O) groups is 2. The molecule has 0 saturated carbocycles. The van der Waals surface area contributed by atoms with Gasteiger partial charge in [0.15, 0.2) is 0 Å². The highest BCUT2D eigenvalue weighted by Gasteiger charge is 2.46. The van der Waals surface area contributed by atoms with Gasteiger partial charge in [-0.05, 0) is 72.9 Å². The summed E-state index contributed by atoms with van der Waals surface area (Å²) in [5.41, 5.74) is 4.06. The molecule has 1 amide bonds. The zero-order valence-corrected chi connectivity index (χ0v) is 22.6. The number of Topliss-reactive ketones (excluding diaryl/α,β-unsaturated/α-hetero) is 1. The zero-order chi connectivity index (χ0) is 27.4. The highest BCUT2D eigenvalue weighted by molar-refractivity contribution is 6.46. The van der Waals surface area contributed by atoms with E-state index in [1.54, 1.807) is 37.7 Å². The summed E-state index contributed by atoms with van der Waals surface area (Å²) in [5.74, 6) is -0.706. The molecule has 0 aliphatic carbocycles. The number of hydrogen-bond donors (Lipinski definition) is 1. The Hall–Kier alpha value is -4.13. The van der Waals surface area contributed by atoms with Crippen LogP contribution < -0.4 is 9.64 Å². The number of aliphatic hydroxyl groups excluding tert-OH is 1. The van der Waals surface area contributed by atoms with Crippen molar-refractivity contribution >= 4 is 23.1 Å². The average Bonchev–Trinajstić information content (AvgIpc) is 3.18. The Morgan fingerprint density at radius 1 is 1.08 bits per heavy atom. The predicted octanol–water partition coefficient (Wildman–Crippen LogP) is 5.68. The summed E-state index contributed by atoms with van der Waals surface area (Å²) in [6.45, 7) is 10.2. The van der Waals surface area contributed by atoms with Gasteiger partial charge in [0.1, 0.15) is 11.5 Å². The van der Waals surface area contributed by atoms with E-state index in [2.05, 4.69) is 23.7 Å². The number of likely N-dealkylation sites (tertiary alicyclic amines) is 1. The highest BCUT2D eigenvalue weighted by Crippen LogP contribution is 2.41. The van der Waals surface area contributed by atoms with Gasteiger partial charge in [0, 0.05) is 43.3 Å². The molecule has 0 spiro atoms. The summed E-state index contributed by atoms with van der Waals surface area (Å²) >= 11 is 0. The van der Waals surface area contributed by atoms with Crippen LogP contribution in [-0.2, 0) is 16.1 Å². The molecule has 2 aromatic carbocycles. The molecule has 1 aliphatic rings. The summed E-state index contributed by atoms with van der Waals surface area (Å²) in [6, 6.07) is 16.1. The molecule has 1 fully saturated rings. The van der Waals surface area contributed by atoms with Crippen molar-refractivity contribution in [2.45, 2.75) is 46.2 Å². The van der Waals surface area contributed by atoms with Crippen LogP contribution in [0.15, 0.2) is 72.6 Å². The summed E-state index contributed by atoms with van der Waals surface area (Å²) in [6.07, 6.45) is 3.34. The molecule has 0 bridgehead atoms. The minimum atomic E-state index is -0.745. The van der Waals surface area contributed by atoms with Gasteiger partial charge < -0.3 is 19.6 Å². The molecule has 7 heteroatoms. The third-order valence-electron chi connectivity index (χ3n) is 7.08. The van der Waals surface area contributed by atoms with Gasteiger partial charge in [-0.3, -0.25) is 14.6 Å². The summed E-state index contributed by atoms with van der Waals surface area (Å²) in [4.78, 5) is 34.7. The Morgan fingerprint density at radius 2 is 1.79 bits per heavy atom. The molecule has 1 saturated heterocycles. The predicted molar refractivity (Wildman–Crippen MR) is 149 cm³/mol. The first-order valence-electron chi connectivity index (χ1n) is 13.0. The third kappa shape index (κ3) is 5.14. The number of pyridine rings is 1. The van der Waals surface area contributed by atoms with Crippen LogP contribution in [0, 0.1) is 0 Å². The number of ketones is 1. The molecule has 7 nitrogen and oxygen atoms in total. The number of rotatable bonds is 9. The average molecular weight is 514 g/mol. The first-order valence-corrected chi connectivity index (χ1v) is 13.0. The topological polar surface area (TPSA) is 83.0 Å². The van der Waals surface area contributed by atoms with E-state index in [1.807, 2.05) is 50.2 Å². The van der Waals surface area contributed by atoms with Crippen molar-refractivity contribution < 1.29 is 19.4 Å². The van der Waals surface area contributed by atoms with E-state index in [0.717, 1.165) is 35.5 Å². The SMILES string of the molecule is CCN(CC)c1ccc(C2/C(=C(/O)c3ccc(OC)c(C(C)C)c3)C(=O)C(=O)N2Cc2cccnc2)cc1. The molecule has 1 atom stereocenters. The number of aromatic nitrogens is 1. The van der Waals surface area contributed by atoms with Crippen LogP contribution in [0.2, 0.25) is 0 Å². The summed E-state index contributed by atoms with van der Waals surface area (Å²) in [7, 11) is 1.60. The van der Waals surface area contributed by atoms with Crippen molar-refractivity contribution in [2.24, 2.45) is 0 Å². The van der Waals surface area contributed by atoms with Crippen LogP contribution in [-0.4, -0.2) is 46.9 Å². The number of amides is 1. The van der Waals surface area contributed by atoms with Gasteiger partial charge in [-0.1, -0.05) is 32.0 Å². The van der Waals surface area contributed by atoms with Gasteiger partial charge in [0.05, 0.1) is 18.7 Å². The summed E-state index contributed by atoms with van der Waals surface area (Å²) < 4.78 is 5.49. The fourth-order valence-corrected chi connectivity index (χ4v) is 5.02. The molecule has 1 unspecified atom stereocenters. The number of nitrogens with zero attached hydrogens (tertiary/aromatic N) is 3. The molecular weight excluding hydrogens is 478 g/mol. The second kappa shape index (κ2) is 11.5. The van der Waals surface area contributed by atoms with Crippen LogP contribution in [0.1, 0.15) is 61.9 Å². The lowest BCUT2D eigenvalue weighted by Gasteiger charge is -2.27. The van der Waals surface area contributed by atoms with Crippen LogP contribution in [0.25, 0.3) is 5.76 Å². The monoisotopic (exact) mass is 513 g/mol. The fraction of sp³-hybridized carbons (Fsp3) is 0.323. The normalized spacial score (nSPS) is 16.8. The van der Waals surface area contributed by atoms with Crippen LogP contribution in [0.5, 0.6) is 5.75 Å². The van der Waals surface area contributed by atoms with Crippen molar-refractivity contribution in [2.75, 3.05) is 25.1 Å². The molecule has 198 valence electrons. The number of benzene rings is 2. The van der Waals surface area contributed by atoms with E-state index in [4.69, 9.17) is 4.74 Å². The lowest BCUT2D eigenvalue weighted by molar-refractivity contribution is -0.140. The lowest BCUT2D eigenvalue weighted by atomic mass is 9.93. The van der Waals surface area contributed by atoms with Gasteiger partial charge in [0.2, 0.25) is 0 Å². The van der Waals surface area contributed by atoms with Crippen molar-refractivity contribution in [3.8, 4) is 5.75 Å².